The fourth-order valence-electron chi connectivity index (χ4n) is 4.47. The van der Waals surface area contributed by atoms with Crippen molar-refractivity contribution in [3.05, 3.63) is 48.1 Å². The Balaban J connectivity index is 1.24. The van der Waals surface area contributed by atoms with E-state index in [1.807, 2.05) is 0 Å². The summed E-state index contributed by atoms with van der Waals surface area (Å²) in [6.07, 6.45) is 13.9. The van der Waals surface area contributed by atoms with E-state index in [9.17, 15) is 9.90 Å². The highest BCUT2D eigenvalue weighted by Crippen LogP contribution is 2.28. The number of aliphatic carboxylic acids is 1. The Morgan fingerprint density at radius 1 is 1.25 bits per heavy atom. The Morgan fingerprint density at radius 3 is 2.92 bits per heavy atom. The van der Waals surface area contributed by atoms with E-state index in [2.05, 4.69) is 43.0 Å². The first kappa shape index (κ1) is 25.6. The van der Waals surface area contributed by atoms with Crippen LogP contribution in [0.4, 0.5) is 17.5 Å². The molecule has 1 aliphatic heterocycles. The van der Waals surface area contributed by atoms with E-state index in [1.165, 1.54) is 37.2 Å². The summed E-state index contributed by atoms with van der Waals surface area (Å²) >= 11 is 0. The summed E-state index contributed by atoms with van der Waals surface area (Å²) in [7, 11) is 0. The zero-order chi connectivity index (χ0) is 25.2. The van der Waals surface area contributed by atoms with Gasteiger partial charge in [-0.3, -0.25) is 0 Å². The number of carboxylic acids is 1. The van der Waals surface area contributed by atoms with Gasteiger partial charge in [0.2, 0.25) is 0 Å². The monoisotopic (exact) mass is 492 g/mol. The number of nitrogens with one attached hydrogen (secondary N) is 4. The van der Waals surface area contributed by atoms with Gasteiger partial charge in [-0.25, -0.2) is 19.7 Å². The minimum atomic E-state index is -0.894. The Bertz CT molecular complexity index is 1060. The quantitative estimate of drug-likeness (QED) is 0.186. The van der Waals surface area contributed by atoms with Gasteiger partial charge in [-0.2, -0.15) is 0 Å². The molecule has 0 radical (unpaired) electrons. The molecule has 1 unspecified atom stereocenters. The van der Waals surface area contributed by atoms with E-state index >= 15 is 0 Å². The minimum absolute atomic E-state index is 0.452. The second kappa shape index (κ2) is 13.0. The number of carbonyl (C=O) groups is 1. The number of hydrogen-bond donors (Lipinski definition) is 5. The molecule has 10 heteroatoms. The highest BCUT2D eigenvalue weighted by molar-refractivity contribution is 5.77. The van der Waals surface area contributed by atoms with E-state index in [0.29, 0.717) is 24.1 Å². The standard InChI is InChI=1S/C26H36N8O2/c27-12-4-14-28-23-17-24(31-18-30-23)33-22(26(35)36)11-16-34(21-9-10-21)15-2-1-6-20-8-7-19-5-3-13-29-25(19)32-20/h4,7-8,12,14,17-18,21-22,27H,1-3,5-6,9-11,13,15-16H2,(H,29,32)(H,35,36)(H2,28,30,31,33)/b14-4-,27-12?. The number of pyridine rings is 1. The third-order valence-corrected chi connectivity index (χ3v) is 6.56. The molecule has 1 aliphatic carbocycles. The Morgan fingerprint density at radius 2 is 2.11 bits per heavy atom. The first-order chi connectivity index (χ1) is 17.6. The maximum atomic E-state index is 11.9. The van der Waals surface area contributed by atoms with Gasteiger partial charge in [0.15, 0.2) is 0 Å². The summed E-state index contributed by atoms with van der Waals surface area (Å²) < 4.78 is 0. The first-order valence-corrected chi connectivity index (χ1v) is 12.8. The SMILES string of the molecule is N=C/C=C\Nc1cc(NC(CCN(CCCCc2ccc3c(n2)NCCC3)C2CC2)C(=O)O)ncn1. The summed E-state index contributed by atoms with van der Waals surface area (Å²) in [5.41, 5.74) is 2.46. The zero-order valence-corrected chi connectivity index (χ0v) is 20.6. The first-order valence-electron chi connectivity index (χ1n) is 12.8. The number of anilines is 3. The molecule has 1 fully saturated rings. The molecule has 36 heavy (non-hydrogen) atoms. The number of carboxylic acid groups (broad SMARTS) is 1. The second-order valence-electron chi connectivity index (χ2n) is 9.35. The van der Waals surface area contributed by atoms with Crippen molar-refractivity contribution in [3.63, 3.8) is 0 Å². The van der Waals surface area contributed by atoms with Crippen molar-refractivity contribution in [2.45, 2.75) is 63.5 Å². The van der Waals surface area contributed by atoms with Crippen LogP contribution in [0.3, 0.4) is 0 Å². The van der Waals surface area contributed by atoms with Gasteiger partial charge < -0.3 is 31.4 Å². The number of fused-ring (bicyclic) bond motifs is 1. The lowest BCUT2D eigenvalue weighted by Gasteiger charge is -2.24. The third-order valence-electron chi connectivity index (χ3n) is 6.56. The molecule has 0 bridgehead atoms. The van der Waals surface area contributed by atoms with E-state index in [4.69, 9.17) is 10.4 Å². The Kier molecular flexibility index (Phi) is 9.21. The van der Waals surface area contributed by atoms with Gasteiger partial charge in [0.25, 0.3) is 0 Å². The van der Waals surface area contributed by atoms with Gasteiger partial charge in [-0.15, -0.1) is 0 Å². The highest BCUT2D eigenvalue weighted by atomic mass is 16.4. The largest absolute Gasteiger partial charge is 0.480 e. The molecule has 0 saturated heterocycles. The molecular formula is C26H36N8O2. The van der Waals surface area contributed by atoms with Gasteiger partial charge in [0, 0.05) is 43.3 Å². The molecule has 0 spiro atoms. The Labute approximate surface area is 212 Å². The molecule has 192 valence electrons. The predicted molar refractivity (Wildman–Crippen MR) is 142 cm³/mol. The van der Waals surface area contributed by atoms with Crippen molar-refractivity contribution in [3.8, 4) is 0 Å². The molecule has 0 aromatic carbocycles. The van der Waals surface area contributed by atoms with Crippen LogP contribution >= 0.6 is 0 Å². The van der Waals surface area contributed by atoms with E-state index in [-0.39, 0.29) is 0 Å². The van der Waals surface area contributed by atoms with Gasteiger partial charge in [-0.1, -0.05) is 6.07 Å². The fourth-order valence-corrected chi connectivity index (χ4v) is 4.47. The summed E-state index contributed by atoms with van der Waals surface area (Å²) in [5, 5.41) is 26.2. The van der Waals surface area contributed by atoms with E-state index in [0.717, 1.165) is 63.0 Å². The van der Waals surface area contributed by atoms with Gasteiger partial charge in [0.05, 0.1) is 0 Å². The fraction of sp³-hybridized carbons (Fsp3) is 0.500. The van der Waals surface area contributed by atoms with Crippen molar-refractivity contribution in [2.75, 3.05) is 35.6 Å². The van der Waals surface area contributed by atoms with Crippen LogP contribution in [0.1, 0.15) is 49.8 Å². The molecule has 4 rings (SSSR count). The van der Waals surface area contributed by atoms with Crippen LogP contribution in [0.15, 0.2) is 36.8 Å². The minimum Gasteiger partial charge on any atom is -0.480 e. The number of hydrogen-bond acceptors (Lipinski definition) is 9. The van der Waals surface area contributed by atoms with Crippen molar-refractivity contribution in [1.29, 1.82) is 5.41 Å². The maximum Gasteiger partial charge on any atom is 0.326 e. The Hall–Kier alpha value is -3.53. The molecule has 1 saturated carbocycles. The number of aromatic nitrogens is 3. The lowest BCUT2D eigenvalue weighted by atomic mass is 10.1. The molecule has 5 N–H and O–H groups in total. The number of unbranched alkanes of at least 4 members (excludes halogenated alkanes) is 1. The molecule has 0 amide bonds. The number of rotatable bonds is 15. The van der Waals surface area contributed by atoms with Crippen LogP contribution in [-0.2, 0) is 17.6 Å². The third kappa shape index (κ3) is 7.74. The summed E-state index contributed by atoms with van der Waals surface area (Å²) in [5.74, 6) is 1.14. The van der Waals surface area contributed by atoms with Crippen LogP contribution in [0.25, 0.3) is 0 Å². The average molecular weight is 493 g/mol. The summed E-state index contributed by atoms with van der Waals surface area (Å²) in [6, 6.07) is 5.86. The molecule has 10 nitrogen and oxygen atoms in total. The number of allylic oxidation sites excluding steroid dienone is 1. The van der Waals surface area contributed by atoms with Crippen LogP contribution in [-0.4, -0.2) is 68.9 Å². The lowest BCUT2D eigenvalue weighted by molar-refractivity contribution is -0.138. The van der Waals surface area contributed by atoms with Crippen molar-refractivity contribution < 1.29 is 9.90 Å². The maximum absolute atomic E-state index is 11.9. The molecule has 3 heterocycles. The smallest absolute Gasteiger partial charge is 0.326 e. The van der Waals surface area contributed by atoms with Crippen molar-refractivity contribution in [1.82, 2.24) is 19.9 Å². The van der Waals surface area contributed by atoms with Gasteiger partial charge >= 0.3 is 5.97 Å². The van der Waals surface area contributed by atoms with Crippen molar-refractivity contribution >= 4 is 29.6 Å². The lowest BCUT2D eigenvalue weighted by Crippen LogP contribution is -2.36. The predicted octanol–water partition coefficient (Wildman–Crippen LogP) is 3.55. The van der Waals surface area contributed by atoms with Crippen LogP contribution < -0.4 is 16.0 Å². The highest BCUT2D eigenvalue weighted by Gasteiger charge is 2.29. The number of aryl methyl sites for hydroxylation is 2. The summed E-state index contributed by atoms with van der Waals surface area (Å²) in [6.45, 7) is 2.71. The average Bonchev–Trinajstić information content (AvgIpc) is 3.73. The molecular weight excluding hydrogens is 456 g/mol. The number of nitrogens with zero attached hydrogens (tertiary/aromatic N) is 4. The zero-order valence-electron chi connectivity index (χ0n) is 20.6. The summed E-state index contributed by atoms with van der Waals surface area (Å²) in [4.78, 5) is 27.4. The van der Waals surface area contributed by atoms with E-state index < -0.39 is 12.0 Å². The van der Waals surface area contributed by atoms with Crippen LogP contribution in [0.5, 0.6) is 0 Å². The molecule has 2 aromatic heterocycles. The normalized spacial score (nSPS) is 15.8. The van der Waals surface area contributed by atoms with Gasteiger partial charge in [-0.05, 0) is 75.6 Å². The second-order valence-corrected chi connectivity index (χ2v) is 9.35. The van der Waals surface area contributed by atoms with Crippen LogP contribution in [0.2, 0.25) is 0 Å². The van der Waals surface area contributed by atoms with Crippen LogP contribution in [0, 0.1) is 5.41 Å². The van der Waals surface area contributed by atoms with Crippen molar-refractivity contribution in [2.24, 2.45) is 0 Å². The molecule has 1 atom stereocenters. The van der Waals surface area contributed by atoms with Gasteiger partial charge in [0.1, 0.15) is 29.8 Å². The topological polar surface area (TPSA) is 139 Å². The molecule has 2 aliphatic rings. The van der Waals surface area contributed by atoms with E-state index in [1.54, 1.807) is 12.3 Å². The molecule has 2 aromatic rings.